The molecule has 0 heterocycles. The molecule has 3 heteroatoms. The third kappa shape index (κ3) is 3.12. The first-order valence-electron chi connectivity index (χ1n) is 6.74. The first-order valence-corrected chi connectivity index (χ1v) is 7.54. The van der Waals surface area contributed by atoms with E-state index in [4.69, 9.17) is 0 Å². The van der Waals surface area contributed by atoms with Gasteiger partial charge in [-0.1, -0.05) is 42.1 Å². The number of halogens is 2. The Hall–Kier alpha value is -0.410. The Morgan fingerprint density at radius 3 is 2.61 bits per heavy atom. The normalized spacial score (nSPS) is 26.0. The standard InChI is InChI=1S/C15H20BrFO/c1-2-10-3-5-11(6-4-10)15(18)13-9-12(16)7-8-14(13)17/h7-11,15,18H,2-6H2,1H3. The number of hydrogen-bond acceptors (Lipinski definition) is 1. The molecule has 1 aliphatic carbocycles. The summed E-state index contributed by atoms with van der Waals surface area (Å²) in [6.07, 6.45) is 4.88. The molecule has 0 aromatic heterocycles. The molecule has 0 saturated heterocycles. The Labute approximate surface area is 117 Å². The Kier molecular flexibility index (Phi) is 4.79. The summed E-state index contributed by atoms with van der Waals surface area (Å²) in [5.74, 6) is 0.695. The van der Waals surface area contributed by atoms with Crippen LogP contribution >= 0.6 is 15.9 Å². The van der Waals surface area contributed by atoms with E-state index >= 15 is 0 Å². The van der Waals surface area contributed by atoms with Gasteiger partial charge in [-0.3, -0.25) is 0 Å². The third-order valence-electron chi connectivity index (χ3n) is 4.19. The molecule has 18 heavy (non-hydrogen) atoms. The predicted octanol–water partition coefficient (Wildman–Crippen LogP) is 4.84. The van der Waals surface area contributed by atoms with Crippen molar-refractivity contribution in [3.8, 4) is 0 Å². The molecule has 1 fully saturated rings. The summed E-state index contributed by atoms with van der Waals surface area (Å²) in [7, 11) is 0. The molecule has 1 aromatic rings. The van der Waals surface area contributed by atoms with E-state index in [1.807, 2.05) is 0 Å². The van der Waals surface area contributed by atoms with Crippen molar-refractivity contribution in [2.75, 3.05) is 0 Å². The number of aliphatic hydroxyl groups is 1. The van der Waals surface area contributed by atoms with Crippen LogP contribution < -0.4 is 0 Å². The van der Waals surface area contributed by atoms with E-state index in [9.17, 15) is 9.50 Å². The maximum Gasteiger partial charge on any atom is 0.129 e. The smallest absolute Gasteiger partial charge is 0.129 e. The quantitative estimate of drug-likeness (QED) is 0.846. The summed E-state index contributed by atoms with van der Waals surface area (Å²) in [5.41, 5.74) is 0.435. The van der Waals surface area contributed by atoms with E-state index in [0.29, 0.717) is 5.56 Å². The first-order chi connectivity index (χ1) is 8.61. The lowest BCUT2D eigenvalue weighted by Crippen LogP contribution is -2.21. The van der Waals surface area contributed by atoms with Gasteiger partial charge in [0.25, 0.3) is 0 Å². The maximum absolute atomic E-state index is 13.7. The fourth-order valence-electron chi connectivity index (χ4n) is 2.91. The van der Waals surface area contributed by atoms with Crippen LogP contribution in [0.1, 0.15) is 50.7 Å². The average Bonchev–Trinajstić information content (AvgIpc) is 2.41. The van der Waals surface area contributed by atoms with E-state index in [0.717, 1.165) is 36.1 Å². The molecule has 0 radical (unpaired) electrons. The molecule has 0 aliphatic heterocycles. The van der Waals surface area contributed by atoms with Crippen molar-refractivity contribution in [3.63, 3.8) is 0 Å². The Morgan fingerprint density at radius 1 is 1.33 bits per heavy atom. The molecular weight excluding hydrogens is 295 g/mol. The van der Waals surface area contributed by atoms with Crippen LogP contribution in [0.25, 0.3) is 0 Å². The van der Waals surface area contributed by atoms with Crippen molar-refractivity contribution >= 4 is 15.9 Å². The molecule has 0 spiro atoms. The molecule has 1 unspecified atom stereocenters. The van der Waals surface area contributed by atoms with Crippen LogP contribution in [0.2, 0.25) is 0 Å². The van der Waals surface area contributed by atoms with Gasteiger partial charge < -0.3 is 5.11 Å². The number of benzene rings is 1. The third-order valence-corrected chi connectivity index (χ3v) is 4.69. The molecule has 100 valence electrons. The minimum absolute atomic E-state index is 0.205. The highest BCUT2D eigenvalue weighted by Gasteiger charge is 2.28. The van der Waals surface area contributed by atoms with Crippen LogP contribution in [0.3, 0.4) is 0 Å². The molecule has 1 nitrogen and oxygen atoms in total. The summed E-state index contributed by atoms with van der Waals surface area (Å²) >= 11 is 3.33. The van der Waals surface area contributed by atoms with Crippen LogP contribution in [0.4, 0.5) is 4.39 Å². The van der Waals surface area contributed by atoms with E-state index in [1.54, 1.807) is 12.1 Å². The van der Waals surface area contributed by atoms with Crippen LogP contribution in [0, 0.1) is 17.7 Å². The summed E-state index contributed by atoms with van der Waals surface area (Å²) in [6.45, 7) is 2.22. The van der Waals surface area contributed by atoms with Gasteiger partial charge in [0.15, 0.2) is 0 Å². The lowest BCUT2D eigenvalue weighted by molar-refractivity contribution is 0.0700. The lowest BCUT2D eigenvalue weighted by atomic mass is 9.77. The molecule has 1 aliphatic rings. The Morgan fingerprint density at radius 2 is 2.00 bits per heavy atom. The molecule has 1 N–H and O–H groups in total. The van der Waals surface area contributed by atoms with Crippen molar-refractivity contribution in [2.45, 2.75) is 45.1 Å². The zero-order valence-electron chi connectivity index (χ0n) is 10.7. The van der Waals surface area contributed by atoms with Crippen LogP contribution in [-0.2, 0) is 0 Å². The topological polar surface area (TPSA) is 20.2 Å². The van der Waals surface area contributed by atoms with Gasteiger partial charge in [0.2, 0.25) is 0 Å². The van der Waals surface area contributed by atoms with Gasteiger partial charge in [0, 0.05) is 10.0 Å². The molecule has 1 atom stereocenters. The van der Waals surface area contributed by atoms with E-state index in [-0.39, 0.29) is 11.7 Å². The molecule has 2 rings (SSSR count). The second kappa shape index (κ2) is 6.16. The van der Waals surface area contributed by atoms with Gasteiger partial charge in [0.1, 0.15) is 5.82 Å². The Balaban J connectivity index is 2.07. The second-order valence-corrected chi connectivity index (χ2v) is 6.22. The van der Waals surface area contributed by atoms with E-state index in [1.165, 1.54) is 12.5 Å². The van der Waals surface area contributed by atoms with Crippen molar-refractivity contribution in [3.05, 3.63) is 34.1 Å². The van der Waals surface area contributed by atoms with Gasteiger partial charge in [-0.2, -0.15) is 0 Å². The largest absolute Gasteiger partial charge is 0.388 e. The van der Waals surface area contributed by atoms with Crippen LogP contribution in [0.15, 0.2) is 22.7 Å². The molecule has 1 aromatic carbocycles. The van der Waals surface area contributed by atoms with Crippen LogP contribution in [0.5, 0.6) is 0 Å². The van der Waals surface area contributed by atoms with Gasteiger partial charge in [-0.15, -0.1) is 0 Å². The number of rotatable bonds is 3. The van der Waals surface area contributed by atoms with E-state index < -0.39 is 6.10 Å². The molecule has 0 amide bonds. The lowest BCUT2D eigenvalue weighted by Gasteiger charge is -2.31. The Bertz CT molecular complexity index is 399. The highest BCUT2D eigenvalue weighted by Crippen LogP contribution is 2.38. The van der Waals surface area contributed by atoms with Crippen molar-refractivity contribution < 1.29 is 9.50 Å². The van der Waals surface area contributed by atoms with Crippen molar-refractivity contribution in [2.24, 2.45) is 11.8 Å². The van der Waals surface area contributed by atoms with Crippen molar-refractivity contribution in [1.82, 2.24) is 0 Å². The highest BCUT2D eigenvalue weighted by atomic mass is 79.9. The van der Waals surface area contributed by atoms with Gasteiger partial charge >= 0.3 is 0 Å². The minimum Gasteiger partial charge on any atom is -0.388 e. The summed E-state index contributed by atoms with van der Waals surface area (Å²) in [6, 6.07) is 4.78. The molecule has 0 bridgehead atoms. The molecule has 1 saturated carbocycles. The monoisotopic (exact) mass is 314 g/mol. The van der Waals surface area contributed by atoms with Gasteiger partial charge in [-0.25, -0.2) is 4.39 Å². The SMILES string of the molecule is CCC1CCC(C(O)c2cc(Br)ccc2F)CC1. The second-order valence-electron chi connectivity index (χ2n) is 5.30. The fraction of sp³-hybridized carbons (Fsp3) is 0.600. The zero-order chi connectivity index (χ0) is 13.1. The highest BCUT2D eigenvalue weighted by molar-refractivity contribution is 9.10. The maximum atomic E-state index is 13.7. The van der Waals surface area contributed by atoms with Crippen LogP contribution in [-0.4, -0.2) is 5.11 Å². The summed E-state index contributed by atoms with van der Waals surface area (Å²) in [4.78, 5) is 0. The first kappa shape index (κ1) is 14.0. The summed E-state index contributed by atoms with van der Waals surface area (Å²) < 4.78 is 14.6. The molecular formula is C15H20BrFO. The van der Waals surface area contributed by atoms with Gasteiger partial charge in [-0.05, 0) is 42.9 Å². The fourth-order valence-corrected chi connectivity index (χ4v) is 3.29. The van der Waals surface area contributed by atoms with Gasteiger partial charge in [0.05, 0.1) is 6.10 Å². The number of aliphatic hydroxyl groups excluding tert-OH is 1. The average molecular weight is 315 g/mol. The minimum atomic E-state index is -0.666. The summed E-state index contributed by atoms with van der Waals surface area (Å²) in [5, 5.41) is 10.3. The van der Waals surface area contributed by atoms with Crippen molar-refractivity contribution in [1.29, 1.82) is 0 Å². The number of hydrogen-bond donors (Lipinski definition) is 1. The zero-order valence-corrected chi connectivity index (χ0v) is 12.3. The van der Waals surface area contributed by atoms with E-state index in [2.05, 4.69) is 22.9 Å². The predicted molar refractivity (Wildman–Crippen MR) is 74.8 cm³/mol.